The number of nitrogens with zero attached hydrogens (tertiary/aromatic N) is 3. The lowest BCUT2D eigenvalue weighted by Gasteiger charge is -2.23. The summed E-state index contributed by atoms with van der Waals surface area (Å²) in [4.78, 5) is 27.4. The van der Waals surface area contributed by atoms with E-state index in [1.54, 1.807) is 11.0 Å². The monoisotopic (exact) mass is 409 g/mol. The van der Waals surface area contributed by atoms with E-state index in [0.717, 1.165) is 16.7 Å². The molecule has 5 heteroatoms. The number of hydrogen-bond acceptors (Lipinski definition) is 3. The molecule has 0 fully saturated rings. The zero-order valence-corrected chi connectivity index (χ0v) is 17.1. The zero-order chi connectivity index (χ0) is 21.5. The normalized spacial score (nSPS) is 10.6. The predicted molar refractivity (Wildman–Crippen MR) is 121 cm³/mol. The average molecular weight is 409 g/mol. The molecule has 0 aliphatic rings. The van der Waals surface area contributed by atoms with Crippen molar-refractivity contribution >= 4 is 5.91 Å². The molecule has 1 aromatic heterocycles. The molecule has 0 bridgehead atoms. The van der Waals surface area contributed by atoms with E-state index in [9.17, 15) is 9.59 Å². The quantitative estimate of drug-likeness (QED) is 0.461. The summed E-state index contributed by atoms with van der Waals surface area (Å²) in [5.74, 6) is -0.160. The minimum absolute atomic E-state index is 0.112. The molecule has 5 nitrogen and oxygen atoms in total. The van der Waals surface area contributed by atoms with Gasteiger partial charge in [0.25, 0.3) is 5.56 Å². The number of aromatic nitrogens is 2. The first-order valence-electron chi connectivity index (χ1n) is 10.2. The molecule has 1 amide bonds. The maximum Gasteiger partial charge on any atom is 0.267 e. The van der Waals surface area contributed by atoms with Crippen molar-refractivity contribution < 1.29 is 4.79 Å². The maximum atomic E-state index is 13.2. The molecule has 0 saturated carbocycles. The second-order valence-electron chi connectivity index (χ2n) is 7.30. The Kier molecular flexibility index (Phi) is 6.33. The second-order valence-corrected chi connectivity index (χ2v) is 7.30. The number of carbonyl (C=O) groups is 1. The topological polar surface area (TPSA) is 55.2 Å². The van der Waals surface area contributed by atoms with Gasteiger partial charge in [-0.05, 0) is 17.2 Å². The molecule has 0 atom stereocenters. The van der Waals surface area contributed by atoms with Gasteiger partial charge in [-0.25, -0.2) is 4.68 Å². The van der Waals surface area contributed by atoms with Crippen LogP contribution in [-0.4, -0.2) is 20.6 Å². The van der Waals surface area contributed by atoms with E-state index in [1.807, 2.05) is 91.0 Å². The number of rotatable bonds is 7. The zero-order valence-electron chi connectivity index (χ0n) is 17.1. The van der Waals surface area contributed by atoms with Crippen molar-refractivity contribution in [3.63, 3.8) is 0 Å². The van der Waals surface area contributed by atoms with Gasteiger partial charge in [0.2, 0.25) is 5.91 Å². The molecule has 0 aliphatic carbocycles. The molecule has 0 unspecified atom stereocenters. The fourth-order valence-electron chi connectivity index (χ4n) is 3.39. The Hall–Kier alpha value is -3.99. The lowest BCUT2D eigenvalue weighted by Crippen LogP contribution is -2.36. The van der Waals surface area contributed by atoms with Gasteiger partial charge in [0.1, 0.15) is 6.54 Å². The number of carbonyl (C=O) groups excluding carboxylic acids is 1. The standard InChI is InChI=1S/C26H23N3O2/c30-25-17-16-24(23-14-8-3-9-15-23)27-29(25)20-26(31)28(18-21-10-4-1-5-11-21)19-22-12-6-2-7-13-22/h1-17H,18-20H2. The average Bonchev–Trinajstić information content (AvgIpc) is 2.82. The highest BCUT2D eigenvalue weighted by Gasteiger charge is 2.17. The Morgan fingerprint density at radius 1 is 0.710 bits per heavy atom. The van der Waals surface area contributed by atoms with Crippen LogP contribution in [0.1, 0.15) is 11.1 Å². The van der Waals surface area contributed by atoms with Crippen molar-refractivity contribution in [2.75, 3.05) is 0 Å². The van der Waals surface area contributed by atoms with Crippen molar-refractivity contribution in [3.8, 4) is 11.3 Å². The summed E-state index contributed by atoms with van der Waals surface area (Å²) in [6.45, 7) is 0.808. The highest BCUT2D eigenvalue weighted by atomic mass is 16.2. The minimum atomic E-state index is -0.299. The third-order valence-electron chi connectivity index (χ3n) is 5.01. The second kappa shape index (κ2) is 9.67. The van der Waals surface area contributed by atoms with Gasteiger partial charge in [-0.3, -0.25) is 9.59 Å². The van der Waals surface area contributed by atoms with Crippen LogP contribution in [0.2, 0.25) is 0 Å². The molecule has 3 aromatic carbocycles. The number of hydrogen-bond donors (Lipinski definition) is 0. The molecule has 4 rings (SSSR count). The van der Waals surface area contributed by atoms with Crippen molar-refractivity contribution in [2.45, 2.75) is 19.6 Å². The van der Waals surface area contributed by atoms with Gasteiger partial charge in [0.05, 0.1) is 5.69 Å². The van der Waals surface area contributed by atoms with Crippen molar-refractivity contribution in [3.05, 3.63) is 125 Å². The Morgan fingerprint density at radius 3 is 1.77 bits per heavy atom. The van der Waals surface area contributed by atoms with Crippen LogP contribution in [0.3, 0.4) is 0 Å². The van der Waals surface area contributed by atoms with E-state index >= 15 is 0 Å². The third kappa shape index (κ3) is 5.34. The summed E-state index contributed by atoms with van der Waals surface area (Å²) in [6, 6.07) is 32.4. The van der Waals surface area contributed by atoms with Crippen LogP contribution < -0.4 is 5.56 Å². The molecule has 31 heavy (non-hydrogen) atoms. The molecule has 0 spiro atoms. The van der Waals surface area contributed by atoms with Gasteiger partial charge in [-0.15, -0.1) is 0 Å². The fraction of sp³-hybridized carbons (Fsp3) is 0.115. The molecule has 0 N–H and O–H groups in total. The molecular formula is C26H23N3O2. The Balaban J connectivity index is 1.59. The van der Waals surface area contributed by atoms with E-state index in [2.05, 4.69) is 5.10 Å². The molecule has 154 valence electrons. The van der Waals surface area contributed by atoms with Crippen LogP contribution in [-0.2, 0) is 24.4 Å². The van der Waals surface area contributed by atoms with Crippen LogP contribution >= 0.6 is 0 Å². The lowest BCUT2D eigenvalue weighted by molar-refractivity contribution is -0.133. The SMILES string of the molecule is O=C(Cn1nc(-c2ccccc2)ccc1=O)N(Cc1ccccc1)Cc1ccccc1. The summed E-state index contributed by atoms with van der Waals surface area (Å²) in [6.07, 6.45) is 0. The summed E-state index contributed by atoms with van der Waals surface area (Å²) < 4.78 is 1.24. The van der Waals surface area contributed by atoms with Crippen molar-refractivity contribution in [1.82, 2.24) is 14.7 Å². The highest BCUT2D eigenvalue weighted by Crippen LogP contribution is 2.15. The molecule has 0 radical (unpaired) electrons. The molecular weight excluding hydrogens is 386 g/mol. The molecule has 4 aromatic rings. The third-order valence-corrected chi connectivity index (χ3v) is 5.01. The first-order valence-corrected chi connectivity index (χ1v) is 10.2. The van der Waals surface area contributed by atoms with E-state index in [4.69, 9.17) is 0 Å². The van der Waals surface area contributed by atoms with Gasteiger partial charge in [-0.1, -0.05) is 91.0 Å². The molecule has 0 aliphatic heterocycles. The van der Waals surface area contributed by atoms with Gasteiger partial charge in [0, 0.05) is 24.7 Å². The predicted octanol–water partition coefficient (Wildman–Crippen LogP) is 4.14. The van der Waals surface area contributed by atoms with Crippen LogP contribution in [0.4, 0.5) is 0 Å². The highest BCUT2D eigenvalue weighted by molar-refractivity contribution is 5.76. The van der Waals surface area contributed by atoms with E-state index in [-0.39, 0.29) is 18.0 Å². The van der Waals surface area contributed by atoms with E-state index < -0.39 is 0 Å². The van der Waals surface area contributed by atoms with Gasteiger partial charge >= 0.3 is 0 Å². The minimum Gasteiger partial charge on any atom is -0.332 e. The van der Waals surface area contributed by atoms with Crippen molar-refractivity contribution in [1.29, 1.82) is 0 Å². The summed E-state index contributed by atoms with van der Waals surface area (Å²) in [5, 5.41) is 4.44. The summed E-state index contributed by atoms with van der Waals surface area (Å²) in [5.41, 5.74) is 3.32. The van der Waals surface area contributed by atoms with E-state index in [1.165, 1.54) is 10.7 Å². The van der Waals surface area contributed by atoms with Crippen LogP contribution in [0.15, 0.2) is 108 Å². The first kappa shape index (κ1) is 20.3. The van der Waals surface area contributed by atoms with Crippen molar-refractivity contribution in [2.24, 2.45) is 0 Å². The number of amides is 1. The van der Waals surface area contributed by atoms with Crippen LogP contribution in [0.25, 0.3) is 11.3 Å². The Bertz CT molecular complexity index is 1150. The lowest BCUT2D eigenvalue weighted by atomic mass is 10.1. The van der Waals surface area contributed by atoms with Crippen LogP contribution in [0.5, 0.6) is 0 Å². The van der Waals surface area contributed by atoms with Crippen LogP contribution in [0, 0.1) is 0 Å². The van der Waals surface area contributed by atoms with Gasteiger partial charge in [0.15, 0.2) is 0 Å². The largest absolute Gasteiger partial charge is 0.332 e. The molecule has 0 saturated heterocycles. The maximum absolute atomic E-state index is 13.2. The van der Waals surface area contributed by atoms with Gasteiger partial charge < -0.3 is 4.90 Å². The smallest absolute Gasteiger partial charge is 0.267 e. The number of benzene rings is 3. The molecule has 1 heterocycles. The summed E-state index contributed by atoms with van der Waals surface area (Å²) >= 11 is 0. The first-order chi connectivity index (χ1) is 15.2. The Labute approximate surface area is 181 Å². The van der Waals surface area contributed by atoms with Gasteiger partial charge in [-0.2, -0.15) is 5.10 Å². The Morgan fingerprint density at radius 2 is 1.23 bits per heavy atom. The summed E-state index contributed by atoms with van der Waals surface area (Å²) in [7, 11) is 0. The van der Waals surface area contributed by atoms with E-state index in [0.29, 0.717) is 18.8 Å². The fourth-order valence-corrected chi connectivity index (χ4v) is 3.39.